The number of carbonyl (C=O) groups excluding carboxylic acids is 3. The largest absolute Gasteiger partial charge is 0.480 e. The summed E-state index contributed by atoms with van der Waals surface area (Å²) in [7, 11) is 0. The molecule has 11 N–H and O–H groups in total. The predicted octanol–water partition coefficient (Wildman–Crippen LogP) is -3.71. The lowest BCUT2D eigenvalue weighted by molar-refractivity contribution is -0.142. The van der Waals surface area contributed by atoms with Gasteiger partial charge in [-0.05, 0) is 32.2 Å². The van der Waals surface area contributed by atoms with Gasteiger partial charge in [-0.25, -0.2) is 9.78 Å². The highest BCUT2D eigenvalue weighted by Crippen LogP contribution is 2.06. The summed E-state index contributed by atoms with van der Waals surface area (Å²) >= 11 is 0. The molecule has 3 amide bonds. The third-order valence-corrected chi connectivity index (χ3v) is 5.36. The van der Waals surface area contributed by atoms with Crippen molar-refractivity contribution in [2.24, 2.45) is 16.5 Å². The van der Waals surface area contributed by atoms with E-state index in [1.54, 1.807) is 0 Å². The Morgan fingerprint density at radius 1 is 1.14 bits per heavy atom. The number of aliphatic hydroxyl groups excluding tert-OH is 1. The van der Waals surface area contributed by atoms with E-state index in [1.165, 1.54) is 12.5 Å². The van der Waals surface area contributed by atoms with Crippen molar-refractivity contribution in [3.05, 3.63) is 18.2 Å². The Morgan fingerprint density at radius 3 is 2.43 bits per heavy atom. The summed E-state index contributed by atoms with van der Waals surface area (Å²) in [6.45, 7) is 0.173. The molecule has 0 aliphatic carbocycles. The molecule has 15 heteroatoms. The summed E-state index contributed by atoms with van der Waals surface area (Å²) in [4.78, 5) is 60.2. The second kappa shape index (κ2) is 13.9. The van der Waals surface area contributed by atoms with Gasteiger partial charge in [0, 0.05) is 24.9 Å². The monoisotopic (exact) mass is 495 g/mol. The van der Waals surface area contributed by atoms with Crippen molar-refractivity contribution >= 4 is 29.7 Å². The summed E-state index contributed by atoms with van der Waals surface area (Å²) in [5.74, 6) is -3.38. The van der Waals surface area contributed by atoms with Crippen LogP contribution in [0.25, 0.3) is 0 Å². The van der Waals surface area contributed by atoms with Crippen molar-refractivity contribution in [1.82, 2.24) is 31.2 Å². The zero-order valence-electron chi connectivity index (χ0n) is 19.2. The number of aliphatic imine (C=N–C) groups is 1. The molecule has 1 aliphatic rings. The molecule has 0 spiro atoms. The number of guanidine groups is 1. The van der Waals surface area contributed by atoms with Crippen LogP contribution in [0, 0.1) is 0 Å². The molecular weight excluding hydrogens is 462 g/mol. The summed E-state index contributed by atoms with van der Waals surface area (Å²) < 4.78 is 0. The highest BCUT2D eigenvalue weighted by molar-refractivity contribution is 5.94. The van der Waals surface area contributed by atoms with Gasteiger partial charge in [0.25, 0.3) is 0 Å². The Hall–Kier alpha value is -3.72. The maximum absolute atomic E-state index is 13.0. The predicted molar refractivity (Wildman–Crippen MR) is 124 cm³/mol. The Morgan fingerprint density at radius 2 is 1.86 bits per heavy atom. The average molecular weight is 496 g/mol. The van der Waals surface area contributed by atoms with E-state index in [1.807, 2.05) is 0 Å². The number of amides is 3. The zero-order valence-corrected chi connectivity index (χ0v) is 19.2. The molecule has 2 heterocycles. The number of imidazole rings is 1. The summed E-state index contributed by atoms with van der Waals surface area (Å²) in [6, 6.07) is -4.22. The number of nitrogens with one attached hydrogen (secondary N) is 5. The highest BCUT2D eigenvalue weighted by atomic mass is 16.4. The first kappa shape index (κ1) is 27.5. The maximum atomic E-state index is 13.0. The van der Waals surface area contributed by atoms with Gasteiger partial charge >= 0.3 is 5.97 Å². The molecule has 4 unspecified atom stereocenters. The highest BCUT2D eigenvalue weighted by Gasteiger charge is 2.31. The number of carboxylic acids is 1. The third kappa shape index (κ3) is 9.21. The van der Waals surface area contributed by atoms with Crippen molar-refractivity contribution in [3.63, 3.8) is 0 Å². The minimum Gasteiger partial charge on any atom is -0.480 e. The third-order valence-electron chi connectivity index (χ3n) is 5.36. The number of carbonyl (C=O) groups is 4. The van der Waals surface area contributed by atoms with E-state index in [0.717, 1.165) is 6.42 Å². The van der Waals surface area contributed by atoms with Crippen LogP contribution in [0.4, 0.5) is 0 Å². The molecule has 1 aromatic rings. The van der Waals surface area contributed by atoms with E-state index in [2.05, 4.69) is 36.2 Å². The quantitative estimate of drug-likeness (QED) is 0.0693. The smallest absolute Gasteiger partial charge is 0.326 e. The molecule has 1 aromatic heterocycles. The lowest BCUT2D eigenvalue weighted by atomic mass is 10.1. The Bertz CT molecular complexity index is 882. The summed E-state index contributed by atoms with van der Waals surface area (Å²) in [6.07, 6.45) is 4.57. The van der Waals surface area contributed by atoms with Crippen LogP contribution in [0.5, 0.6) is 0 Å². The maximum Gasteiger partial charge on any atom is 0.326 e. The molecular formula is C20H33N9O6. The summed E-state index contributed by atoms with van der Waals surface area (Å²) in [5.41, 5.74) is 11.0. The van der Waals surface area contributed by atoms with Crippen LogP contribution in [-0.2, 0) is 25.6 Å². The number of aromatic amines is 1. The zero-order chi connectivity index (χ0) is 25.8. The molecule has 1 aliphatic heterocycles. The van der Waals surface area contributed by atoms with Gasteiger partial charge in [-0.2, -0.15) is 0 Å². The number of H-pyrrole nitrogens is 1. The normalized spacial score (nSPS) is 17.6. The van der Waals surface area contributed by atoms with Crippen molar-refractivity contribution in [3.8, 4) is 0 Å². The van der Waals surface area contributed by atoms with E-state index in [0.29, 0.717) is 25.1 Å². The molecule has 35 heavy (non-hydrogen) atoms. The topological polar surface area (TPSA) is 250 Å². The van der Waals surface area contributed by atoms with Gasteiger partial charge in [0.1, 0.15) is 18.1 Å². The first-order valence-electron chi connectivity index (χ1n) is 11.2. The Labute approximate surface area is 201 Å². The van der Waals surface area contributed by atoms with Gasteiger partial charge in [-0.1, -0.05) is 0 Å². The SMILES string of the molecule is NC(N)=NCCCC(NC(=O)C(Cc1cnc[nH]1)NC(=O)C(CO)NC(=O)C1CCCN1)C(=O)O. The molecule has 0 bridgehead atoms. The first-order valence-corrected chi connectivity index (χ1v) is 11.2. The minimum atomic E-state index is -1.29. The van der Waals surface area contributed by atoms with E-state index >= 15 is 0 Å². The molecule has 1 fully saturated rings. The fraction of sp³-hybridized carbons (Fsp3) is 0.600. The van der Waals surface area contributed by atoms with Crippen LogP contribution in [-0.4, -0.2) is 93.7 Å². The number of hydrogen-bond acceptors (Lipinski definition) is 8. The van der Waals surface area contributed by atoms with Gasteiger partial charge < -0.3 is 47.9 Å². The summed E-state index contributed by atoms with van der Waals surface area (Å²) in [5, 5.41) is 29.5. The Kier molecular flexibility index (Phi) is 10.9. The van der Waals surface area contributed by atoms with Crippen LogP contribution in [0.15, 0.2) is 17.5 Å². The number of rotatable bonds is 14. The van der Waals surface area contributed by atoms with Crippen molar-refractivity contribution in [1.29, 1.82) is 0 Å². The Balaban J connectivity index is 2.05. The number of aliphatic hydroxyl groups is 1. The van der Waals surface area contributed by atoms with Gasteiger partial charge in [0.15, 0.2) is 5.96 Å². The standard InChI is InChI=1S/C20H33N9O6/c21-20(22)25-6-2-4-13(19(34)35)27-17(32)14(7-11-8-23-10-26-11)28-18(33)15(9-30)29-16(31)12-3-1-5-24-12/h8,10,12-15,24,30H,1-7,9H2,(H,23,26)(H,27,32)(H,28,33)(H,29,31)(H,34,35)(H4,21,22,25). The van der Waals surface area contributed by atoms with Gasteiger partial charge in [-0.15, -0.1) is 0 Å². The molecule has 1 saturated heterocycles. The lowest BCUT2D eigenvalue weighted by Gasteiger charge is -2.24. The van der Waals surface area contributed by atoms with E-state index < -0.39 is 54.5 Å². The fourth-order valence-corrected chi connectivity index (χ4v) is 3.51. The number of aliphatic carboxylic acids is 1. The second-order valence-electron chi connectivity index (χ2n) is 8.08. The molecule has 0 saturated carbocycles. The first-order chi connectivity index (χ1) is 16.7. The van der Waals surface area contributed by atoms with Crippen molar-refractivity contribution in [2.45, 2.75) is 56.3 Å². The number of nitrogens with two attached hydrogens (primary N) is 2. The van der Waals surface area contributed by atoms with Gasteiger partial charge in [-0.3, -0.25) is 19.4 Å². The number of hydrogen-bond donors (Lipinski definition) is 9. The van der Waals surface area contributed by atoms with E-state index in [-0.39, 0.29) is 25.3 Å². The number of aromatic nitrogens is 2. The van der Waals surface area contributed by atoms with Crippen molar-refractivity contribution < 1.29 is 29.4 Å². The minimum absolute atomic E-state index is 0.0335. The molecule has 4 atom stereocenters. The van der Waals surface area contributed by atoms with Crippen LogP contribution < -0.4 is 32.7 Å². The second-order valence-corrected chi connectivity index (χ2v) is 8.08. The van der Waals surface area contributed by atoms with Gasteiger partial charge in [0.05, 0.1) is 19.0 Å². The van der Waals surface area contributed by atoms with Crippen LogP contribution in [0.2, 0.25) is 0 Å². The van der Waals surface area contributed by atoms with Crippen LogP contribution in [0.3, 0.4) is 0 Å². The van der Waals surface area contributed by atoms with Crippen LogP contribution >= 0.6 is 0 Å². The molecule has 194 valence electrons. The van der Waals surface area contributed by atoms with Crippen molar-refractivity contribution in [2.75, 3.05) is 19.7 Å². The van der Waals surface area contributed by atoms with E-state index in [9.17, 15) is 29.4 Å². The van der Waals surface area contributed by atoms with Crippen LogP contribution in [0.1, 0.15) is 31.4 Å². The fourth-order valence-electron chi connectivity index (χ4n) is 3.51. The van der Waals surface area contributed by atoms with Gasteiger partial charge in [0.2, 0.25) is 17.7 Å². The molecule has 15 nitrogen and oxygen atoms in total. The molecule has 0 aromatic carbocycles. The van der Waals surface area contributed by atoms with E-state index in [4.69, 9.17) is 11.5 Å². The molecule has 0 radical (unpaired) electrons. The lowest BCUT2D eigenvalue weighted by Crippen LogP contribution is -2.58. The molecule has 2 rings (SSSR count). The average Bonchev–Trinajstić information content (AvgIpc) is 3.52. The number of carboxylic acid groups (broad SMARTS) is 1. The number of nitrogens with zero attached hydrogens (tertiary/aromatic N) is 2.